The van der Waals surface area contributed by atoms with Crippen molar-refractivity contribution in [3.05, 3.63) is 35.9 Å². The molecule has 2 fully saturated rings. The highest BCUT2D eigenvalue weighted by molar-refractivity contribution is 5.71. The van der Waals surface area contributed by atoms with Gasteiger partial charge in [-0.3, -0.25) is 4.79 Å². The standard InChI is InChI=1S/C23H32O4/c1-3-18(22(25)26)19(17-7-8-20(24)21(14-17)27-2)6-4-5-11-23-12-9-16(15-23)10-13-23/h4-5,7-8,14,16,18-19,24H,3,6,9-13,15H2,1-2H3,(H,25,26). The zero-order valence-electron chi connectivity index (χ0n) is 16.5. The number of aliphatic carboxylic acids is 1. The van der Waals surface area contributed by atoms with Gasteiger partial charge in [0.25, 0.3) is 0 Å². The Balaban J connectivity index is 1.74. The Labute approximate surface area is 162 Å². The number of allylic oxidation sites excluding steroid dienone is 2. The zero-order valence-corrected chi connectivity index (χ0v) is 16.5. The fourth-order valence-electron chi connectivity index (χ4n) is 5.26. The lowest BCUT2D eigenvalue weighted by molar-refractivity contribution is -0.142. The Morgan fingerprint density at radius 1 is 1.33 bits per heavy atom. The molecule has 4 nitrogen and oxygen atoms in total. The van der Waals surface area contributed by atoms with E-state index in [4.69, 9.17) is 4.74 Å². The molecule has 0 heterocycles. The third-order valence-corrected chi connectivity index (χ3v) is 6.87. The van der Waals surface area contributed by atoms with Gasteiger partial charge >= 0.3 is 5.97 Å². The van der Waals surface area contributed by atoms with Crippen molar-refractivity contribution in [3.63, 3.8) is 0 Å². The number of methoxy groups -OCH3 is 1. The molecule has 27 heavy (non-hydrogen) atoms. The van der Waals surface area contributed by atoms with E-state index in [0.29, 0.717) is 24.0 Å². The van der Waals surface area contributed by atoms with Gasteiger partial charge in [-0.15, -0.1) is 0 Å². The van der Waals surface area contributed by atoms with E-state index < -0.39 is 11.9 Å². The predicted octanol–water partition coefficient (Wildman–Crippen LogP) is 5.51. The molecule has 148 valence electrons. The number of rotatable bonds is 9. The van der Waals surface area contributed by atoms with E-state index >= 15 is 0 Å². The van der Waals surface area contributed by atoms with Gasteiger partial charge < -0.3 is 14.9 Å². The van der Waals surface area contributed by atoms with Gasteiger partial charge in [-0.05, 0) is 80.4 Å². The molecule has 2 aliphatic carbocycles. The number of hydrogen-bond acceptors (Lipinski definition) is 3. The Morgan fingerprint density at radius 3 is 2.63 bits per heavy atom. The van der Waals surface area contributed by atoms with E-state index in [1.807, 2.05) is 13.0 Å². The summed E-state index contributed by atoms with van der Waals surface area (Å²) in [6, 6.07) is 5.19. The zero-order chi connectivity index (χ0) is 19.4. The molecule has 2 saturated carbocycles. The molecule has 0 saturated heterocycles. The highest BCUT2D eigenvalue weighted by Crippen LogP contribution is 2.56. The van der Waals surface area contributed by atoms with Crippen LogP contribution in [-0.2, 0) is 4.79 Å². The number of ether oxygens (including phenoxy) is 1. The molecule has 2 N–H and O–H groups in total. The average molecular weight is 373 g/mol. The lowest BCUT2D eigenvalue weighted by Gasteiger charge is -2.25. The summed E-state index contributed by atoms with van der Waals surface area (Å²) in [5.41, 5.74) is 1.43. The second kappa shape index (κ2) is 8.37. The minimum Gasteiger partial charge on any atom is -0.504 e. The quantitative estimate of drug-likeness (QED) is 0.561. The first-order valence-electron chi connectivity index (χ1n) is 10.2. The van der Waals surface area contributed by atoms with Crippen LogP contribution in [-0.4, -0.2) is 23.3 Å². The number of carbonyl (C=O) groups is 1. The Morgan fingerprint density at radius 2 is 2.07 bits per heavy atom. The van der Waals surface area contributed by atoms with Crippen molar-refractivity contribution in [1.29, 1.82) is 0 Å². The van der Waals surface area contributed by atoms with Crippen molar-refractivity contribution in [1.82, 2.24) is 0 Å². The number of phenols is 1. The van der Waals surface area contributed by atoms with Crippen LogP contribution >= 0.6 is 0 Å². The summed E-state index contributed by atoms with van der Waals surface area (Å²) in [5.74, 6) is 0.0710. The SMILES string of the molecule is CCC(C(=O)O)C(CC=CCC12CCC(CC1)C2)c1ccc(O)c(OC)c1. The third kappa shape index (κ3) is 4.31. The molecule has 4 heteroatoms. The number of fused-ring (bicyclic) bond motifs is 2. The van der Waals surface area contributed by atoms with E-state index in [1.165, 1.54) is 39.2 Å². The summed E-state index contributed by atoms with van der Waals surface area (Å²) in [4.78, 5) is 11.8. The lowest BCUT2D eigenvalue weighted by atomic mass is 9.79. The minimum absolute atomic E-state index is 0.0787. The molecule has 2 atom stereocenters. The van der Waals surface area contributed by atoms with Gasteiger partial charge in [0.1, 0.15) is 0 Å². The smallest absolute Gasteiger partial charge is 0.307 e. The molecule has 3 rings (SSSR count). The van der Waals surface area contributed by atoms with Crippen molar-refractivity contribution < 1.29 is 19.7 Å². The number of aromatic hydroxyl groups is 1. The van der Waals surface area contributed by atoms with Crippen molar-refractivity contribution in [2.75, 3.05) is 7.11 Å². The predicted molar refractivity (Wildman–Crippen MR) is 106 cm³/mol. The van der Waals surface area contributed by atoms with E-state index in [9.17, 15) is 15.0 Å². The first-order valence-corrected chi connectivity index (χ1v) is 10.2. The number of carboxylic acids is 1. The summed E-state index contributed by atoms with van der Waals surface area (Å²) < 4.78 is 5.22. The maximum Gasteiger partial charge on any atom is 0.307 e. The number of carboxylic acid groups (broad SMARTS) is 1. The second-order valence-corrected chi connectivity index (χ2v) is 8.45. The van der Waals surface area contributed by atoms with Gasteiger partial charge in [0, 0.05) is 5.92 Å². The molecule has 0 spiro atoms. The highest BCUT2D eigenvalue weighted by Gasteiger charge is 2.43. The second-order valence-electron chi connectivity index (χ2n) is 8.45. The molecule has 2 aliphatic rings. The van der Waals surface area contributed by atoms with Gasteiger partial charge in [0.15, 0.2) is 11.5 Å². The molecule has 0 aliphatic heterocycles. The van der Waals surface area contributed by atoms with Gasteiger partial charge in [-0.1, -0.05) is 25.1 Å². The number of benzene rings is 1. The summed E-state index contributed by atoms with van der Waals surface area (Å²) in [6.45, 7) is 1.92. The fourth-order valence-corrected chi connectivity index (χ4v) is 5.26. The Hall–Kier alpha value is -1.97. The van der Waals surface area contributed by atoms with Gasteiger partial charge in [0.2, 0.25) is 0 Å². The molecule has 1 aromatic carbocycles. The average Bonchev–Trinajstić information content (AvgIpc) is 3.25. The van der Waals surface area contributed by atoms with E-state index in [1.54, 1.807) is 12.1 Å². The van der Waals surface area contributed by atoms with Crippen LogP contribution in [0.4, 0.5) is 0 Å². The maximum absolute atomic E-state index is 11.8. The van der Waals surface area contributed by atoms with Crippen molar-refractivity contribution in [3.8, 4) is 11.5 Å². The first kappa shape index (κ1) is 19.8. The molecule has 2 bridgehead atoms. The summed E-state index contributed by atoms with van der Waals surface area (Å²) in [6.07, 6.45) is 13.7. The Kier molecular flexibility index (Phi) is 6.13. The minimum atomic E-state index is -0.768. The van der Waals surface area contributed by atoms with Crippen LogP contribution in [0.5, 0.6) is 11.5 Å². The molecule has 0 radical (unpaired) electrons. The Bertz CT molecular complexity index is 686. The molecule has 0 amide bonds. The van der Waals surface area contributed by atoms with Gasteiger partial charge in [-0.2, -0.15) is 0 Å². The number of hydrogen-bond donors (Lipinski definition) is 2. The van der Waals surface area contributed by atoms with E-state index in [0.717, 1.165) is 17.9 Å². The van der Waals surface area contributed by atoms with Crippen molar-refractivity contribution in [2.24, 2.45) is 17.3 Å². The van der Waals surface area contributed by atoms with Crippen LogP contribution in [0.3, 0.4) is 0 Å². The largest absolute Gasteiger partial charge is 0.504 e. The van der Waals surface area contributed by atoms with E-state index in [2.05, 4.69) is 12.2 Å². The van der Waals surface area contributed by atoms with Crippen LogP contribution in [0, 0.1) is 17.3 Å². The monoisotopic (exact) mass is 372 g/mol. The van der Waals surface area contributed by atoms with Gasteiger partial charge in [0.05, 0.1) is 13.0 Å². The fraction of sp³-hybridized carbons (Fsp3) is 0.609. The lowest BCUT2D eigenvalue weighted by Crippen LogP contribution is -2.21. The van der Waals surface area contributed by atoms with Gasteiger partial charge in [-0.25, -0.2) is 0 Å². The van der Waals surface area contributed by atoms with Crippen LogP contribution in [0.15, 0.2) is 30.4 Å². The highest BCUT2D eigenvalue weighted by atomic mass is 16.5. The molecule has 2 unspecified atom stereocenters. The number of phenolic OH excluding ortho intramolecular Hbond substituents is 1. The van der Waals surface area contributed by atoms with Crippen LogP contribution in [0.25, 0.3) is 0 Å². The van der Waals surface area contributed by atoms with Crippen LogP contribution in [0.2, 0.25) is 0 Å². The van der Waals surface area contributed by atoms with E-state index in [-0.39, 0.29) is 11.7 Å². The normalized spacial score (nSPS) is 26.4. The van der Waals surface area contributed by atoms with Crippen molar-refractivity contribution in [2.45, 2.75) is 64.2 Å². The topological polar surface area (TPSA) is 66.8 Å². The molecule has 0 aromatic heterocycles. The summed E-state index contributed by atoms with van der Waals surface area (Å²) >= 11 is 0. The van der Waals surface area contributed by atoms with Crippen molar-refractivity contribution >= 4 is 5.97 Å². The maximum atomic E-state index is 11.8. The van der Waals surface area contributed by atoms with Crippen LogP contribution < -0.4 is 4.74 Å². The first-order chi connectivity index (χ1) is 13.0. The molecular weight excluding hydrogens is 340 g/mol. The van der Waals surface area contributed by atoms with Crippen LogP contribution in [0.1, 0.15) is 69.8 Å². The molecular formula is C23H32O4. The molecule has 1 aromatic rings. The summed E-state index contributed by atoms with van der Waals surface area (Å²) in [5, 5.41) is 19.6. The summed E-state index contributed by atoms with van der Waals surface area (Å²) in [7, 11) is 1.51. The third-order valence-electron chi connectivity index (χ3n) is 6.87.